The number of aliphatic hydroxyl groups excluding tert-OH is 2. The lowest BCUT2D eigenvalue weighted by Gasteiger charge is -2.69. The van der Waals surface area contributed by atoms with Crippen LogP contribution in [-0.2, 0) is 43.4 Å². The SMILES string of the molecule is CC1=C[C@]2(C)C[C@H]1C[C@H](C(C)[C@H]1CCC3C4=C(CC[C@@]31C)[C@@]13CO[C@](O)([C@@H](O)C1)C(C)(C)C3[C@@H](OS(=O)(=O)O)C4)O[C@H]2CC[C@@H](C)[C@H]1CCC2C3=C(CC[C@@]21C)[C@@]12CO[C@](O)([C@@H](O)C1)C(C)(C)C2[C@@H](OS(=O)(=O)O)C3. The van der Waals surface area contributed by atoms with Crippen molar-refractivity contribution in [2.45, 2.75) is 220 Å². The minimum Gasteiger partial charge on any atom is -0.387 e. The maximum Gasteiger partial charge on any atom is 0.397 e. The zero-order valence-electron chi connectivity index (χ0n) is 46.1. The Morgan fingerprint density at radius 2 is 1.16 bits per heavy atom. The predicted molar refractivity (Wildman–Crippen MR) is 277 cm³/mol. The molecule has 5 unspecified atom stereocenters. The Hall–Kier alpha value is -1.32. The molecule has 2 spiro atoms. The quantitative estimate of drug-likeness (QED) is 0.0886. The predicted octanol–water partition coefficient (Wildman–Crippen LogP) is 8.82. The summed E-state index contributed by atoms with van der Waals surface area (Å²) in [6, 6.07) is 0. The van der Waals surface area contributed by atoms with Gasteiger partial charge in [0.25, 0.3) is 0 Å². The molecule has 5 aliphatic heterocycles. The Labute approximate surface area is 446 Å². The smallest absolute Gasteiger partial charge is 0.387 e. The fourth-order valence-electron chi connectivity index (χ4n) is 22.4. The Bertz CT molecular complexity index is 2720. The van der Waals surface area contributed by atoms with Crippen LogP contribution in [0, 0.1) is 91.2 Å². The monoisotopic (exact) mass is 1090 g/mol. The van der Waals surface area contributed by atoms with Crippen LogP contribution in [0.4, 0.5) is 0 Å². The van der Waals surface area contributed by atoms with Gasteiger partial charge in [-0.15, -0.1) is 0 Å². The van der Waals surface area contributed by atoms with Crippen molar-refractivity contribution in [1.82, 2.24) is 0 Å². The Balaban J connectivity index is 0.784. The van der Waals surface area contributed by atoms with Gasteiger partial charge in [0.1, 0.15) is 12.2 Å². The molecule has 14 rings (SSSR count). The van der Waals surface area contributed by atoms with Crippen LogP contribution in [0.1, 0.15) is 172 Å². The standard InChI is InChI=1S/C58H88O15S2/c1-30(36-12-14-38-34-22-43(72-74(63,64)65)48-50(4,5)57(61)45(59)26-55(48,28-69-57)40(34)17-19-53(36,38)9)11-16-47-52(8)24-31(2)33(25-52)21-42(71-47)32(3)37-13-15-39-35-23-44(73-75(66,67)68)49-51(6,7)58(62)46(60)27-56(49,29-70-58)41(35)18-20-54(37,39)10/h24,30,32-33,36-39,42-49,59-62H,11-23,25-29H2,1-10H3,(H,63,64,65)(H,66,67,68)/t30-,32?,33-,36-,37-,38?,39?,42-,43+,44+,45+,46+,47+,48?,49?,52-,53-,54-,55+,56+,57-,58-/m1/s1. The summed E-state index contributed by atoms with van der Waals surface area (Å²) in [7, 11) is -9.66. The number of hydrogen-bond acceptors (Lipinski definition) is 13. The van der Waals surface area contributed by atoms with Crippen LogP contribution < -0.4 is 0 Å². The van der Waals surface area contributed by atoms with E-state index in [2.05, 4.69) is 47.6 Å². The summed E-state index contributed by atoms with van der Waals surface area (Å²) < 4.78 is 102. The zero-order chi connectivity index (χ0) is 54.0. The normalized spacial score (nSPS) is 52.0. The van der Waals surface area contributed by atoms with Crippen LogP contribution >= 0.6 is 0 Å². The fourth-order valence-corrected chi connectivity index (χ4v) is 23.4. The molecule has 0 radical (unpaired) electrons. The highest BCUT2D eigenvalue weighted by Gasteiger charge is 2.76. The number of ether oxygens (including phenoxy) is 3. The molecular formula is C58H88O15S2. The van der Waals surface area contributed by atoms with Crippen molar-refractivity contribution in [3.63, 3.8) is 0 Å². The van der Waals surface area contributed by atoms with Gasteiger partial charge in [-0.1, -0.05) is 96.3 Å². The molecule has 22 atom stereocenters. The van der Waals surface area contributed by atoms with E-state index in [0.717, 1.165) is 77.0 Å². The summed E-state index contributed by atoms with van der Waals surface area (Å²) in [6.45, 7) is 22.1. The van der Waals surface area contributed by atoms with Crippen LogP contribution in [0.2, 0.25) is 0 Å². The molecule has 9 fully saturated rings. The van der Waals surface area contributed by atoms with Crippen molar-refractivity contribution in [2.24, 2.45) is 91.2 Å². The molecule has 14 aliphatic rings. The summed E-state index contributed by atoms with van der Waals surface area (Å²) in [5.41, 5.74) is 2.53. The molecule has 75 heavy (non-hydrogen) atoms. The first-order valence-electron chi connectivity index (χ1n) is 28.9. The summed E-state index contributed by atoms with van der Waals surface area (Å²) >= 11 is 0. The molecule has 0 aromatic heterocycles. The van der Waals surface area contributed by atoms with Gasteiger partial charge in [0, 0.05) is 38.9 Å². The van der Waals surface area contributed by atoms with Gasteiger partial charge in [-0.2, -0.15) is 16.8 Å². The summed E-state index contributed by atoms with van der Waals surface area (Å²) in [4.78, 5) is 0. The highest BCUT2D eigenvalue weighted by Crippen LogP contribution is 2.74. The Morgan fingerprint density at radius 3 is 1.63 bits per heavy atom. The third kappa shape index (κ3) is 7.39. The van der Waals surface area contributed by atoms with E-state index in [9.17, 15) is 46.4 Å². The first-order valence-corrected chi connectivity index (χ1v) is 31.6. The van der Waals surface area contributed by atoms with E-state index in [1.807, 2.05) is 27.7 Å². The molecule has 0 aromatic rings. The van der Waals surface area contributed by atoms with E-state index in [0.29, 0.717) is 36.5 Å². The molecule has 4 saturated carbocycles. The highest BCUT2D eigenvalue weighted by atomic mass is 32.3. The van der Waals surface area contributed by atoms with Crippen molar-refractivity contribution >= 4 is 20.8 Å². The second-order valence-corrected chi connectivity index (χ2v) is 31.3. The second kappa shape index (κ2) is 16.9. The minimum atomic E-state index is -4.84. The van der Waals surface area contributed by atoms with Crippen molar-refractivity contribution < 1.29 is 68.9 Å². The molecule has 5 saturated heterocycles. The van der Waals surface area contributed by atoms with Gasteiger partial charge in [-0.05, 0) is 162 Å². The third-order valence-electron chi connectivity index (χ3n) is 25.5. The summed E-state index contributed by atoms with van der Waals surface area (Å²) in [6.07, 6.45) is 11.1. The first kappa shape index (κ1) is 54.3. The molecule has 17 heteroatoms. The molecular weight excluding hydrogens is 1000 g/mol. The van der Waals surface area contributed by atoms with Crippen molar-refractivity contribution in [1.29, 1.82) is 0 Å². The maximum absolute atomic E-state index is 12.6. The van der Waals surface area contributed by atoms with Crippen molar-refractivity contribution in [2.75, 3.05) is 13.2 Å². The van der Waals surface area contributed by atoms with Crippen LogP contribution in [-0.4, -0.2) is 108 Å². The highest BCUT2D eigenvalue weighted by molar-refractivity contribution is 7.81. The lowest BCUT2D eigenvalue weighted by atomic mass is 9.42. The van der Waals surface area contributed by atoms with Crippen LogP contribution in [0.5, 0.6) is 0 Å². The van der Waals surface area contributed by atoms with Gasteiger partial charge in [-0.3, -0.25) is 9.11 Å². The Morgan fingerprint density at radius 1 is 0.693 bits per heavy atom. The van der Waals surface area contributed by atoms with E-state index in [1.54, 1.807) is 0 Å². The number of allylic oxidation sites excluding steroid dienone is 1. The van der Waals surface area contributed by atoms with E-state index >= 15 is 0 Å². The lowest BCUT2D eigenvalue weighted by Crippen LogP contribution is -2.76. The van der Waals surface area contributed by atoms with Crippen LogP contribution in [0.15, 0.2) is 33.9 Å². The topological polar surface area (TPSA) is 236 Å². The van der Waals surface area contributed by atoms with E-state index < -0.39 is 90.3 Å². The zero-order valence-corrected chi connectivity index (χ0v) is 47.8. The minimum absolute atomic E-state index is 0.0312. The van der Waals surface area contributed by atoms with Crippen molar-refractivity contribution in [3.05, 3.63) is 33.9 Å². The summed E-state index contributed by atoms with van der Waals surface area (Å²) in [5, 5.41) is 46.5. The second-order valence-electron chi connectivity index (χ2n) is 29.3. The fraction of sp³-hybridized carbons (Fsp3) is 0.897. The Kier molecular flexibility index (Phi) is 12.2. The largest absolute Gasteiger partial charge is 0.397 e. The molecule has 5 heterocycles. The molecule has 422 valence electrons. The number of rotatable bonds is 10. The molecule has 9 aliphatic carbocycles. The molecule has 6 bridgehead atoms. The molecule has 6 N–H and O–H groups in total. The van der Waals surface area contributed by atoms with E-state index in [-0.39, 0.29) is 72.3 Å². The molecule has 0 amide bonds. The van der Waals surface area contributed by atoms with Crippen molar-refractivity contribution in [3.8, 4) is 0 Å². The third-order valence-corrected chi connectivity index (χ3v) is 26.5. The van der Waals surface area contributed by atoms with Gasteiger partial charge in [0.15, 0.2) is 11.6 Å². The van der Waals surface area contributed by atoms with E-state index in [1.165, 1.54) is 27.9 Å². The maximum atomic E-state index is 12.6. The van der Waals surface area contributed by atoms with Gasteiger partial charge < -0.3 is 34.6 Å². The number of hydrogen-bond donors (Lipinski definition) is 6. The summed E-state index contributed by atoms with van der Waals surface area (Å²) in [5.74, 6) is -2.53. The molecule has 15 nitrogen and oxygen atoms in total. The first-order chi connectivity index (χ1) is 34.7. The van der Waals surface area contributed by atoms with Gasteiger partial charge in [-0.25, -0.2) is 8.37 Å². The van der Waals surface area contributed by atoms with E-state index in [4.69, 9.17) is 22.6 Å². The van der Waals surface area contributed by atoms with Gasteiger partial charge in [0.05, 0.1) is 37.6 Å². The van der Waals surface area contributed by atoms with Crippen LogP contribution in [0.3, 0.4) is 0 Å². The molecule has 0 aromatic carbocycles. The van der Waals surface area contributed by atoms with Crippen LogP contribution in [0.25, 0.3) is 0 Å². The number of fused-ring (bicyclic) bond motifs is 10. The van der Waals surface area contributed by atoms with Gasteiger partial charge >= 0.3 is 20.8 Å². The number of aliphatic hydroxyl groups is 4. The average molecular weight is 1090 g/mol. The average Bonchev–Trinajstić information content (AvgIpc) is 4.01. The lowest BCUT2D eigenvalue weighted by molar-refractivity contribution is -0.408. The van der Waals surface area contributed by atoms with Gasteiger partial charge in [0.2, 0.25) is 0 Å².